The van der Waals surface area contributed by atoms with Gasteiger partial charge in [-0.2, -0.15) is 0 Å². The van der Waals surface area contributed by atoms with E-state index in [4.69, 9.17) is 4.74 Å². The molecule has 1 aromatic carbocycles. The van der Waals surface area contributed by atoms with Gasteiger partial charge >= 0.3 is 0 Å². The van der Waals surface area contributed by atoms with Crippen LogP contribution in [-0.2, 0) is 9.53 Å². The topological polar surface area (TPSA) is 66.9 Å². The average molecular weight is 367 g/mol. The molecule has 1 saturated heterocycles. The number of ether oxygens (including phenoxy) is 1. The third-order valence-electron chi connectivity index (χ3n) is 4.92. The van der Waals surface area contributed by atoms with Crippen molar-refractivity contribution in [1.29, 1.82) is 0 Å². The fraction of sp³-hybridized carbons (Fsp3) is 0.500. The van der Waals surface area contributed by atoms with E-state index in [1.807, 2.05) is 4.90 Å². The van der Waals surface area contributed by atoms with Crippen molar-refractivity contribution in [3.05, 3.63) is 35.4 Å². The minimum Gasteiger partial charge on any atom is -0.379 e. The lowest BCUT2D eigenvalue weighted by atomic mass is 9.93. The van der Waals surface area contributed by atoms with Crippen molar-refractivity contribution < 1.29 is 19.1 Å². The summed E-state index contributed by atoms with van der Waals surface area (Å²) >= 11 is 0. The van der Waals surface area contributed by atoms with Crippen LogP contribution in [0.1, 0.15) is 34.6 Å². The molecule has 136 valence electrons. The lowest BCUT2D eigenvalue weighted by Gasteiger charge is -2.37. The Morgan fingerprint density at radius 2 is 1.68 bits per heavy atom. The summed E-state index contributed by atoms with van der Waals surface area (Å²) in [5.41, 5.74) is -0.632. The van der Waals surface area contributed by atoms with Gasteiger partial charge in [0.25, 0.3) is 0 Å². The van der Waals surface area contributed by atoms with E-state index in [0.717, 1.165) is 0 Å². The third kappa shape index (κ3) is 3.21. The standard InChI is InChI=1S/C18H22N2O4.ClH/c1-3-20(15(21)12-19-8-10-24-11-9-19)18(2)16(22)13-6-4-5-7-14(13)17(18)23;/h4-7H,3,8-12H2,1-2H3;1H. The van der Waals surface area contributed by atoms with Gasteiger partial charge in [0.1, 0.15) is 0 Å². The van der Waals surface area contributed by atoms with Gasteiger partial charge in [-0.1, -0.05) is 24.3 Å². The molecular weight excluding hydrogens is 344 g/mol. The molecule has 0 bridgehead atoms. The molecular formula is C18H23ClN2O4. The molecule has 3 rings (SSSR count). The number of halogens is 1. The van der Waals surface area contributed by atoms with Crippen LogP contribution >= 0.6 is 12.4 Å². The molecule has 25 heavy (non-hydrogen) atoms. The van der Waals surface area contributed by atoms with E-state index in [-0.39, 0.29) is 36.4 Å². The molecule has 1 fully saturated rings. The van der Waals surface area contributed by atoms with Crippen LogP contribution in [0.2, 0.25) is 0 Å². The average Bonchev–Trinajstić information content (AvgIpc) is 2.79. The fourth-order valence-corrected chi connectivity index (χ4v) is 3.53. The first-order valence-electron chi connectivity index (χ1n) is 8.29. The van der Waals surface area contributed by atoms with E-state index in [0.29, 0.717) is 44.0 Å². The van der Waals surface area contributed by atoms with Crippen LogP contribution in [0.4, 0.5) is 0 Å². The van der Waals surface area contributed by atoms with Crippen molar-refractivity contribution in [3.8, 4) is 0 Å². The number of Topliss-reactive ketones (excluding diaryl/α,β-unsaturated/α-hetero) is 2. The van der Waals surface area contributed by atoms with Crippen molar-refractivity contribution in [1.82, 2.24) is 9.80 Å². The Kier molecular flexibility index (Phi) is 5.98. The summed E-state index contributed by atoms with van der Waals surface area (Å²) in [6.45, 7) is 6.43. The Hall–Kier alpha value is -1.76. The van der Waals surface area contributed by atoms with Gasteiger partial charge in [-0.25, -0.2) is 0 Å². The zero-order chi connectivity index (χ0) is 17.3. The van der Waals surface area contributed by atoms with Gasteiger partial charge in [0, 0.05) is 30.8 Å². The van der Waals surface area contributed by atoms with Gasteiger partial charge in [-0.05, 0) is 13.8 Å². The molecule has 7 heteroatoms. The minimum absolute atomic E-state index is 0. The van der Waals surface area contributed by atoms with Gasteiger partial charge in [-0.3, -0.25) is 19.3 Å². The number of nitrogens with zero attached hydrogens (tertiary/aromatic N) is 2. The number of hydrogen-bond acceptors (Lipinski definition) is 5. The highest BCUT2D eigenvalue weighted by molar-refractivity contribution is 6.33. The van der Waals surface area contributed by atoms with E-state index >= 15 is 0 Å². The second-order valence-corrected chi connectivity index (χ2v) is 6.30. The van der Waals surface area contributed by atoms with E-state index in [1.165, 1.54) is 4.90 Å². The summed E-state index contributed by atoms with van der Waals surface area (Å²) in [5, 5.41) is 0. The molecule has 0 atom stereocenters. The summed E-state index contributed by atoms with van der Waals surface area (Å²) < 4.78 is 5.29. The van der Waals surface area contributed by atoms with Crippen molar-refractivity contribution in [3.63, 3.8) is 0 Å². The van der Waals surface area contributed by atoms with Crippen LogP contribution in [0.25, 0.3) is 0 Å². The monoisotopic (exact) mass is 366 g/mol. The number of fused-ring (bicyclic) bond motifs is 1. The summed E-state index contributed by atoms with van der Waals surface area (Å²) in [7, 11) is 0. The number of rotatable bonds is 4. The van der Waals surface area contributed by atoms with Gasteiger partial charge in [0.15, 0.2) is 17.1 Å². The Labute approximate surface area is 153 Å². The molecule has 1 heterocycles. The highest BCUT2D eigenvalue weighted by Crippen LogP contribution is 2.34. The molecule has 6 nitrogen and oxygen atoms in total. The Morgan fingerprint density at radius 1 is 1.16 bits per heavy atom. The highest BCUT2D eigenvalue weighted by atomic mass is 35.5. The molecule has 0 spiro atoms. The maximum absolute atomic E-state index is 12.9. The molecule has 0 radical (unpaired) electrons. The van der Waals surface area contributed by atoms with Gasteiger partial charge in [0.05, 0.1) is 19.8 Å². The van der Waals surface area contributed by atoms with Crippen LogP contribution in [0, 0.1) is 0 Å². The lowest BCUT2D eigenvalue weighted by Crippen LogP contribution is -2.59. The molecule has 1 aliphatic heterocycles. The second-order valence-electron chi connectivity index (χ2n) is 6.30. The normalized spacial score (nSPS) is 19.3. The van der Waals surface area contributed by atoms with Crippen LogP contribution in [0.5, 0.6) is 0 Å². The number of amides is 1. The van der Waals surface area contributed by atoms with E-state index < -0.39 is 5.54 Å². The first kappa shape index (κ1) is 19.6. The first-order chi connectivity index (χ1) is 11.5. The predicted octanol–water partition coefficient (Wildman–Crippen LogP) is 1.43. The van der Waals surface area contributed by atoms with Crippen molar-refractivity contribution in [2.24, 2.45) is 0 Å². The maximum atomic E-state index is 12.9. The largest absolute Gasteiger partial charge is 0.379 e. The third-order valence-corrected chi connectivity index (χ3v) is 4.92. The van der Waals surface area contributed by atoms with Crippen LogP contribution in [-0.4, -0.2) is 72.2 Å². The zero-order valence-electron chi connectivity index (χ0n) is 14.5. The predicted molar refractivity (Wildman–Crippen MR) is 95.4 cm³/mol. The number of carbonyl (C=O) groups is 3. The van der Waals surface area contributed by atoms with Gasteiger partial charge in [-0.15, -0.1) is 12.4 Å². The maximum Gasteiger partial charge on any atom is 0.237 e. The van der Waals surface area contributed by atoms with Crippen LogP contribution in [0.3, 0.4) is 0 Å². The molecule has 0 aromatic heterocycles. The van der Waals surface area contributed by atoms with Gasteiger partial charge < -0.3 is 9.64 Å². The number of benzene rings is 1. The number of likely N-dealkylation sites (N-methyl/N-ethyl adjacent to an activating group) is 1. The second kappa shape index (κ2) is 7.64. The van der Waals surface area contributed by atoms with Crippen LogP contribution in [0.15, 0.2) is 24.3 Å². The lowest BCUT2D eigenvalue weighted by molar-refractivity contribution is -0.136. The quantitative estimate of drug-likeness (QED) is 0.754. The Balaban J connectivity index is 0.00000225. The molecule has 0 saturated carbocycles. The number of ketones is 2. The van der Waals surface area contributed by atoms with E-state index in [1.54, 1.807) is 38.1 Å². The number of morpholine rings is 1. The summed E-state index contributed by atoms with van der Waals surface area (Å²) in [5.74, 6) is -0.781. The molecule has 1 aromatic rings. The molecule has 0 unspecified atom stereocenters. The molecule has 2 aliphatic rings. The summed E-state index contributed by atoms with van der Waals surface area (Å²) in [6, 6.07) is 6.78. The molecule has 1 amide bonds. The smallest absolute Gasteiger partial charge is 0.237 e. The molecule has 0 N–H and O–H groups in total. The number of hydrogen-bond donors (Lipinski definition) is 0. The van der Waals surface area contributed by atoms with Crippen LogP contribution < -0.4 is 0 Å². The van der Waals surface area contributed by atoms with E-state index in [9.17, 15) is 14.4 Å². The Bertz CT molecular complexity index is 650. The zero-order valence-corrected chi connectivity index (χ0v) is 15.3. The Morgan fingerprint density at radius 3 is 2.16 bits per heavy atom. The summed E-state index contributed by atoms with van der Waals surface area (Å²) in [6.07, 6.45) is 0. The SMILES string of the molecule is CCN(C(=O)CN1CCOCC1)C1(C)C(=O)c2ccccc2C1=O.Cl. The highest BCUT2D eigenvalue weighted by Gasteiger charge is 2.54. The van der Waals surface area contributed by atoms with Gasteiger partial charge in [0.2, 0.25) is 5.91 Å². The van der Waals surface area contributed by atoms with Crippen molar-refractivity contribution in [2.45, 2.75) is 19.4 Å². The fourth-order valence-electron chi connectivity index (χ4n) is 3.53. The first-order valence-corrected chi connectivity index (χ1v) is 8.29. The summed E-state index contributed by atoms with van der Waals surface area (Å²) in [4.78, 5) is 42.0. The molecule has 1 aliphatic carbocycles. The number of carbonyl (C=O) groups excluding carboxylic acids is 3. The minimum atomic E-state index is -1.44. The van der Waals surface area contributed by atoms with Crippen molar-refractivity contribution in [2.75, 3.05) is 39.4 Å². The van der Waals surface area contributed by atoms with E-state index in [2.05, 4.69) is 0 Å². The van der Waals surface area contributed by atoms with Crippen molar-refractivity contribution >= 4 is 29.9 Å².